The summed E-state index contributed by atoms with van der Waals surface area (Å²) in [5, 5.41) is 18.1. The van der Waals surface area contributed by atoms with E-state index in [2.05, 4.69) is 12.1 Å². The monoisotopic (exact) mass is 210 g/mol. The predicted molar refractivity (Wildman–Crippen MR) is 64.1 cm³/mol. The highest BCUT2D eigenvalue weighted by Crippen LogP contribution is 2.25. The predicted octanol–water partition coefficient (Wildman–Crippen LogP) is 3.57. The van der Waals surface area contributed by atoms with Crippen LogP contribution >= 0.6 is 0 Å². The molecule has 16 heavy (non-hydrogen) atoms. The summed E-state index contributed by atoms with van der Waals surface area (Å²) in [4.78, 5) is 0. The minimum absolute atomic E-state index is 0.669. The molecule has 0 aromatic carbocycles. The molecule has 0 heterocycles. The molecule has 80 valence electrons. The molecule has 0 aliphatic heterocycles. The van der Waals surface area contributed by atoms with Gasteiger partial charge >= 0.3 is 0 Å². The van der Waals surface area contributed by atoms with Crippen molar-refractivity contribution in [2.24, 2.45) is 0 Å². The lowest BCUT2D eigenvalue weighted by atomic mass is 9.92. The molecule has 0 atom stereocenters. The van der Waals surface area contributed by atoms with Crippen LogP contribution in [-0.2, 0) is 0 Å². The molecule has 0 radical (unpaired) electrons. The van der Waals surface area contributed by atoms with Gasteiger partial charge in [0.05, 0.1) is 23.3 Å². The summed E-state index contributed by atoms with van der Waals surface area (Å²) < 4.78 is 0. The van der Waals surface area contributed by atoms with Crippen molar-refractivity contribution in [3.05, 3.63) is 45.6 Å². The van der Waals surface area contributed by atoms with Crippen LogP contribution in [0.2, 0.25) is 0 Å². The summed E-state index contributed by atoms with van der Waals surface area (Å²) in [6.45, 7) is 7.66. The fraction of sp³-hybridized carbons (Fsp3) is 0.286. The molecule has 2 nitrogen and oxygen atoms in total. The average Bonchev–Trinajstić information content (AvgIpc) is 2.29. The standard InChI is InChI=1S/C14H14N2/c1-9-5-13(7-15)12(4)10(2)6-14(8-16)11(9)3/h5-6H,1-4H3/b9-5?,10-6?,11-9-,12-10-,13-5-,13-12?,14-6-,14-11?. The van der Waals surface area contributed by atoms with Gasteiger partial charge in [0.15, 0.2) is 0 Å². The molecule has 1 aliphatic rings. The van der Waals surface area contributed by atoms with Gasteiger partial charge in [0.2, 0.25) is 0 Å². The van der Waals surface area contributed by atoms with E-state index in [4.69, 9.17) is 10.5 Å². The Morgan fingerprint density at radius 2 is 1.06 bits per heavy atom. The third kappa shape index (κ3) is 2.12. The van der Waals surface area contributed by atoms with Crippen molar-refractivity contribution < 1.29 is 0 Å². The summed E-state index contributed by atoms with van der Waals surface area (Å²) in [6, 6.07) is 4.39. The molecular formula is C14H14N2. The quantitative estimate of drug-likeness (QED) is 0.613. The second-order valence-electron chi connectivity index (χ2n) is 3.96. The van der Waals surface area contributed by atoms with Gasteiger partial charge in [-0.15, -0.1) is 0 Å². The van der Waals surface area contributed by atoms with Crippen molar-refractivity contribution in [1.29, 1.82) is 10.5 Å². The Hall–Kier alpha value is -2.06. The molecule has 1 rings (SSSR count). The van der Waals surface area contributed by atoms with E-state index in [1.165, 1.54) is 0 Å². The van der Waals surface area contributed by atoms with Crippen LogP contribution in [0.4, 0.5) is 0 Å². The van der Waals surface area contributed by atoms with Crippen LogP contribution in [0.25, 0.3) is 0 Å². The number of allylic oxidation sites excluding steroid dienone is 8. The summed E-state index contributed by atoms with van der Waals surface area (Å²) in [5.41, 5.74) is 5.14. The average molecular weight is 210 g/mol. The maximum Gasteiger partial charge on any atom is 0.0994 e. The molecule has 2 heteroatoms. The van der Waals surface area contributed by atoms with Gasteiger partial charge in [-0.2, -0.15) is 10.5 Å². The summed E-state index contributed by atoms with van der Waals surface area (Å²) in [6.07, 6.45) is 3.69. The van der Waals surface area contributed by atoms with E-state index in [9.17, 15) is 0 Å². The molecular weight excluding hydrogens is 196 g/mol. The molecule has 0 fully saturated rings. The van der Waals surface area contributed by atoms with Crippen molar-refractivity contribution >= 4 is 0 Å². The first-order chi connectivity index (χ1) is 7.51. The molecule has 0 saturated heterocycles. The lowest BCUT2D eigenvalue weighted by Crippen LogP contribution is -1.95. The SMILES string of the molecule is CC1=C(C)/C(C#N)=C\C(C)=C(C)/C(C#N)=C\1. The summed E-state index contributed by atoms with van der Waals surface area (Å²) in [7, 11) is 0. The molecule has 0 spiro atoms. The second kappa shape index (κ2) is 4.64. The van der Waals surface area contributed by atoms with Crippen molar-refractivity contribution in [2.45, 2.75) is 27.7 Å². The maximum atomic E-state index is 9.06. The first-order valence-electron chi connectivity index (χ1n) is 5.10. The maximum absolute atomic E-state index is 9.06. The van der Waals surface area contributed by atoms with E-state index in [-0.39, 0.29) is 0 Å². The Balaban J connectivity index is 3.54. The summed E-state index contributed by atoms with van der Waals surface area (Å²) >= 11 is 0. The number of nitriles is 2. The van der Waals surface area contributed by atoms with Gasteiger partial charge in [0.25, 0.3) is 0 Å². The van der Waals surface area contributed by atoms with Gasteiger partial charge < -0.3 is 0 Å². The molecule has 0 unspecified atom stereocenters. The van der Waals surface area contributed by atoms with E-state index in [0.29, 0.717) is 11.1 Å². The Morgan fingerprint density at radius 1 is 0.750 bits per heavy atom. The fourth-order valence-corrected chi connectivity index (χ4v) is 1.52. The molecule has 0 aromatic heterocycles. The van der Waals surface area contributed by atoms with E-state index in [1.807, 2.05) is 39.8 Å². The Kier molecular flexibility index (Phi) is 3.48. The topological polar surface area (TPSA) is 47.6 Å². The van der Waals surface area contributed by atoms with Crippen LogP contribution in [0.1, 0.15) is 27.7 Å². The van der Waals surface area contributed by atoms with Gasteiger partial charge in [0, 0.05) is 0 Å². The van der Waals surface area contributed by atoms with Crippen LogP contribution < -0.4 is 0 Å². The van der Waals surface area contributed by atoms with Gasteiger partial charge in [-0.3, -0.25) is 0 Å². The highest BCUT2D eigenvalue weighted by Gasteiger charge is 2.10. The van der Waals surface area contributed by atoms with Gasteiger partial charge in [-0.1, -0.05) is 0 Å². The fourth-order valence-electron chi connectivity index (χ4n) is 1.52. The number of rotatable bonds is 0. The van der Waals surface area contributed by atoms with Crippen LogP contribution in [0.3, 0.4) is 0 Å². The molecule has 0 saturated carbocycles. The zero-order chi connectivity index (χ0) is 12.3. The third-order valence-electron chi connectivity index (χ3n) is 2.95. The van der Waals surface area contributed by atoms with E-state index in [0.717, 1.165) is 22.3 Å². The van der Waals surface area contributed by atoms with Crippen LogP contribution in [0.15, 0.2) is 45.6 Å². The minimum Gasteiger partial charge on any atom is -0.192 e. The lowest BCUT2D eigenvalue weighted by molar-refractivity contribution is 1.24. The van der Waals surface area contributed by atoms with Crippen molar-refractivity contribution in [1.82, 2.24) is 0 Å². The number of nitrogens with zero attached hydrogens (tertiary/aromatic N) is 2. The van der Waals surface area contributed by atoms with Gasteiger partial charge in [0.1, 0.15) is 0 Å². The Morgan fingerprint density at radius 3 is 1.31 bits per heavy atom. The highest BCUT2D eigenvalue weighted by molar-refractivity contribution is 5.57. The number of hydrogen-bond acceptors (Lipinski definition) is 2. The molecule has 1 aliphatic carbocycles. The first kappa shape index (κ1) is 12.0. The van der Waals surface area contributed by atoms with Crippen molar-refractivity contribution in [3.63, 3.8) is 0 Å². The largest absolute Gasteiger partial charge is 0.192 e. The van der Waals surface area contributed by atoms with Crippen LogP contribution in [0.5, 0.6) is 0 Å². The smallest absolute Gasteiger partial charge is 0.0994 e. The first-order valence-corrected chi connectivity index (χ1v) is 5.10. The molecule has 0 amide bonds. The van der Waals surface area contributed by atoms with Gasteiger partial charge in [-0.25, -0.2) is 0 Å². The zero-order valence-corrected chi connectivity index (χ0v) is 10.0. The highest BCUT2D eigenvalue weighted by atomic mass is 14.3. The van der Waals surface area contributed by atoms with Crippen LogP contribution in [0, 0.1) is 22.7 Å². The van der Waals surface area contributed by atoms with E-state index in [1.54, 1.807) is 0 Å². The second-order valence-corrected chi connectivity index (χ2v) is 3.96. The normalized spacial score (nSPS) is 32.4. The van der Waals surface area contributed by atoms with E-state index >= 15 is 0 Å². The zero-order valence-electron chi connectivity index (χ0n) is 10.0. The molecule has 0 bridgehead atoms. The lowest BCUT2D eigenvalue weighted by Gasteiger charge is -2.10. The van der Waals surface area contributed by atoms with Crippen molar-refractivity contribution in [3.8, 4) is 12.1 Å². The van der Waals surface area contributed by atoms with E-state index < -0.39 is 0 Å². The minimum atomic E-state index is 0.669. The number of hydrogen-bond donors (Lipinski definition) is 0. The van der Waals surface area contributed by atoms with Crippen molar-refractivity contribution in [2.75, 3.05) is 0 Å². The summed E-state index contributed by atoms with van der Waals surface area (Å²) in [5.74, 6) is 0. The third-order valence-corrected chi connectivity index (χ3v) is 2.95. The molecule has 0 N–H and O–H groups in total. The Bertz CT molecular complexity index is 476. The van der Waals surface area contributed by atoms with Crippen LogP contribution in [-0.4, -0.2) is 0 Å². The molecule has 0 aromatic rings. The Labute approximate surface area is 96.5 Å². The van der Waals surface area contributed by atoms with Gasteiger partial charge in [-0.05, 0) is 62.1 Å².